The van der Waals surface area contributed by atoms with Crippen molar-refractivity contribution in [2.45, 2.75) is 39.4 Å². The summed E-state index contributed by atoms with van der Waals surface area (Å²) in [7, 11) is 0. The van der Waals surface area contributed by atoms with Crippen molar-refractivity contribution in [2.75, 3.05) is 17.7 Å². The lowest BCUT2D eigenvalue weighted by atomic mass is 10.1. The van der Waals surface area contributed by atoms with Gasteiger partial charge in [-0.1, -0.05) is 43.8 Å². The number of benzene rings is 2. The minimum Gasteiger partial charge on any atom is -0.493 e. The molecule has 6 nitrogen and oxygen atoms in total. The van der Waals surface area contributed by atoms with Crippen LogP contribution in [0.2, 0.25) is 0 Å². The van der Waals surface area contributed by atoms with Crippen molar-refractivity contribution in [3.05, 3.63) is 66.2 Å². The van der Waals surface area contributed by atoms with Crippen LogP contribution in [0.15, 0.2) is 60.3 Å². The van der Waals surface area contributed by atoms with Crippen molar-refractivity contribution >= 4 is 23.4 Å². The van der Waals surface area contributed by atoms with Crippen LogP contribution in [-0.4, -0.2) is 33.0 Å². The third kappa shape index (κ3) is 6.01. The number of thioether (sulfide) groups is 1. The quantitative estimate of drug-likeness (QED) is 0.326. The van der Waals surface area contributed by atoms with Gasteiger partial charge in [0.15, 0.2) is 11.0 Å². The van der Waals surface area contributed by atoms with Gasteiger partial charge in [-0.15, -0.1) is 16.8 Å². The molecular weight excluding hydrogens is 420 g/mol. The third-order valence-corrected chi connectivity index (χ3v) is 5.90. The van der Waals surface area contributed by atoms with E-state index in [1.165, 1.54) is 11.8 Å². The van der Waals surface area contributed by atoms with Crippen molar-refractivity contribution in [3.63, 3.8) is 0 Å². The van der Waals surface area contributed by atoms with E-state index in [1.54, 1.807) is 6.08 Å². The molecule has 1 aromatic heterocycles. The Morgan fingerprint density at radius 1 is 1.19 bits per heavy atom. The first kappa shape index (κ1) is 23.6. The number of nitrogens with zero attached hydrogens (tertiary/aromatic N) is 3. The summed E-state index contributed by atoms with van der Waals surface area (Å²) in [5.74, 6) is 2.19. The van der Waals surface area contributed by atoms with E-state index < -0.39 is 0 Å². The van der Waals surface area contributed by atoms with Crippen LogP contribution >= 0.6 is 11.8 Å². The van der Waals surface area contributed by atoms with E-state index in [9.17, 15) is 4.79 Å². The smallest absolute Gasteiger partial charge is 0.234 e. The average molecular weight is 451 g/mol. The summed E-state index contributed by atoms with van der Waals surface area (Å²) < 4.78 is 7.73. The van der Waals surface area contributed by atoms with Crippen LogP contribution in [0, 0.1) is 19.8 Å². The Kier molecular flexibility index (Phi) is 8.11. The maximum absolute atomic E-state index is 12.5. The monoisotopic (exact) mass is 450 g/mol. The van der Waals surface area contributed by atoms with Crippen LogP contribution in [0.4, 0.5) is 5.69 Å². The minimum atomic E-state index is -0.0787. The fourth-order valence-electron chi connectivity index (χ4n) is 3.07. The number of ether oxygens (including phenoxy) is 1. The van der Waals surface area contributed by atoms with Crippen LogP contribution in [0.5, 0.6) is 5.75 Å². The van der Waals surface area contributed by atoms with Gasteiger partial charge in [0.25, 0.3) is 0 Å². The number of allylic oxidation sites excluding steroid dienone is 1. The van der Waals surface area contributed by atoms with E-state index in [-0.39, 0.29) is 11.7 Å². The van der Waals surface area contributed by atoms with Gasteiger partial charge in [-0.3, -0.25) is 9.36 Å². The van der Waals surface area contributed by atoms with Crippen molar-refractivity contribution in [1.82, 2.24) is 14.8 Å². The normalized spacial score (nSPS) is 10.9. The van der Waals surface area contributed by atoms with Gasteiger partial charge >= 0.3 is 0 Å². The summed E-state index contributed by atoms with van der Waals surface area (Å²) in [6.07, 6.45) is 1.80. The van der Waals surface area contributed by atoms with E-state index in [2.05, 4.69) is 35.9 Å². The van der Waals surface area contributed by atoms with Crippen LogP contribution in [0.25, 0.3) is 11.4 Å². The number of nitrogens with one attached hydrogen (secondary N) is 1. The first-order chi connectivity index (χ1) is 15.4. The Labute approximate surface area is 194 Å². The number of aromatic nitrogens is 3. The van der Waals surface area contributed by atoms with Crippen LogP contribution < -0.4 is 10.1 Å². The molecule has 32 heavy (non-hydrogen) atoms. The Morgan fingerprint density at radius 2 is 1.94 bits per heavy atom. The zero-order chi connectivity index (χ0) is 23.1. The summed E-state index contributed by atoms with van der Waals surface area (Å²) in [6.45, 7) is 13.3. The molecule has 0 aliphatic carbocycles. The molecule has 0 saturated carbocycles. The lowest BCUT2D eigenvalue weighted by molar-refractivity contribution is -0.113. The second-order valence-electron chi connectivity index (χ2n) is 8.02. The Morgan fingerprint density at radius 3 is 2.62 bits per heavy atom. The topological polar surface area (TPSA) is 69.0 Å². The van der Waals surface area contributed by atoms with Gasteiger partial charge in [0.1, 0.15) is 5.75 Å². The standard InChI is InChI=1S/C25H30N4O2S/c1-6-14-29-24(20-10-12-21(13-11-20)31-15-17(2)3)27-28-25(29)32-16-23(30)26-22-9-7-8-18(4)19(22)5/h6-13,17H,1,14-16H2,2-5H3,(H,26,30). The number of hydrogen-bond donors (Lipinski definition) is 1. The molecule has 0 atom stereocenters. The highest BCUT2D eigenvalue weighted by molar-refractivity contribution is 7.99. The molecule has 0 unspecified atom stereocenters. The molecule has 0 aliphatic rings. The molecule has 3 rings (SSSR count). The molecule has 0 bridgehead atoms. The zero-order valence-electron chi connectivity index (χ0n) is 19.1. The third-order valence-electron chi connectivity index (χ3n) is 4.94. The average Bonchev–Trinajstić information content (AvgIpc) is 3.17. The highest BCUT2D eigenvalue weighted by Crippen LogP contribution is 2.26. The maximum Gasteiger partial charge on any atom is 0.234 e. The van der Waals surface area contributed by atoms with Crippen molar-refractivity contribution in [2.24, 2.45) is 5.92 Å². The summed E-state index contributed by atoms with van der Waals surface area (Å²) in [5.41, 5.74) is 3.99. The molecule has 1 heterocycles. The van der Waals surface area contributed by atoms with Crippen molar-refractivity contribution in [1.29, 1.82) is 0 Å². The predicted octanol–water partition coefficient (Wildman–Crippen LogP) is 5.51. The summed E-state index contributed by atoms with van der Waals surface area (Å²) >= 11 is 1.36. The Balaban J connectivity index is 1.69. The molecule has 0 spiro atoms. The van der Waals surface area contributed by atoms with Crippen molar-refractivity contribution < 1.29 is 9.53 Å². The molecule has 0 aliphatic heterocycles. The van der Waals surface area contributed by atoms with Crippen LogP contribution in [-0.2, 0) is 11.3 Å². The van der Waals surface area contributed by atoms with Gasteiger partial charge in [0, 0.05) is 17.8 Å². The molecule has 7 heteroatoms. The van der Waals surface area contributed by atoms with Gasteiger partial charge in [-0.05, 0) is 61.2 Å². The van der Waals surface area contributed by atoms with Gasteiger partial charge in [-0.2, -0.15) is 0 Å². The SMILES string of the molecule is C=CCn1c(SCC(=O)Nc2cccc(C)c2C)nnc1-c1ccc(OCC(C)C)cc1. The fraction of sp³-hybridized carbons (Fsp3) is 0.320. The second-order valence-corrected chi connectivity index (χ2v) is 8.96. The number of rotatable bonds is 10. The zero-order valence-corrected chi connectivity index (χ0v) is 19.9. The molecule has 0 fully saturated rings. The second kappa shape index (κ2) is 11.0. The van der Waals surface area contributed by atoms with E-state index in [1.807, 2.05) is 60.9 Å². The fourth-order valence-corrected chi connectivity index (χ4v) is 3.82. The highest BCUT2D eigenvalue weighted by Gasteiger charge is 2.16. The Bertz CT molecular complexity index is 1070. The first-order valence-electron chi connectivity index (χ1n) is 10.6. The molecule has 0 radical (unpaired) electrons. The van der Waals surface area contributed by atoms with E-state index in [4.69, 9.17) is 4.74 Å². The van der Waals surface area contributed by atoms with Gasteiger partial charge in [0.2, 0.25) is 5.91 Å². The number of amides is 1. The van der Waals surface area contributed by atoms with Crippen LogP contribution in [0.1, 0.15) is 25.0 Å². The molecule has 2 aromatic carbocycles. The number of hydrogen-bond acceptors (Lipinski definition) is 5. The maximum atomic E-state index is 12.5. The molecule has 3 aromatic rings. The number of carbonyl (C=O) groups excluding carboxylic acids is 1. The van der Waals surface area contributed by atoms with E-state index >= 15 is 0 Å². The largest absolute Gasteiger partial charge is 0.493 e. The molecule has 168 valence electrons. The molecular formula is C25H30N4O2S. The molecule has 1 N–H and O–H groups in total. The summed E-state index contributed by atoms with van der Waals surface area (Å²) in [5, 5.41) is 12.4. The molecule has 1 amide bonds. The van der Waals surface area contributed by atoms with Gasteiger partial charge < -0.3 is 10.1 Å². The minimum absolute atomic E-state index is 0.0787. The lowest BCUT2D eigenvalue weighted by Crippen LogP contribution is -2.15. The summed E-state index contributed by atoms with van der Waals surface area (Å²) in [4.78, 5) is 12.5. The van der Waals surface area contributed by atoms with Crippen molar-refractivity contribution in [3.8, 4) is 17.1 Å². The predicted molar refractivity (Wildman–Crippen MR) is 131 cm³/mol. The summed E-state index contributed by atoms with van der Waals surface area (Å²) in [6, 6.07) is 13.7. The van der Waals surface area contributed by atoms with Crippen LogP contribution in [0.3, 0.4) is 0 Å². The van der Waals surface area contributed by atoms with E-state index in [0.717, 1.165) is 34.0 Å². The number of aryl methyl sites for hydroxylation is 1. The Hall–Kier alpha value is -3.06. The molecule has 0 saturated heterocycles. The lowest BCUT2D eigenvalue weighted by Gasteiger charge is -2.11. The first-order valence-corrected chi connectivity index (χ1v) is 11.6. The number of anilines is 1. The highest BCUT2D eigenvalue weighted by atomic mass is 32.2. The van der Waals surface area contributed by atoms with E-state index in [0.29, 0.717) is 24.2 Å². The van der Waals surface area contributed by atoms with Gasteiger partial charge in [-0.25, -0.2) is 0 Å². The number of carbonyl (C=O) groups is 1. The van der Waals surface area contributed by atoms with Gasteiger partial charge in [0.05, 0.1) is 12.4 Å².